The zero-order valence-electron chi connectivity index (χ0n) is 29.6. The number of nitrogens with zero attached hydrogens (tertiary/aromatic N) is 1. The molecule has 0 aliphatic carbocycles. The molecule has 0 bridgehead atoms. The molecule has 1 aliphatic rings. The van der Waals surface area contributed by atoms with Crippen molar-refractivity contribution in [1.82, 2.24) is 0 Å². The molecule has 254 valence electrons. The van der Waals surface area contributed by atoms with Crippen molar-refractivity contribution in [3.05, 3.63) is 212 Å². The van der Waals surface area contributed by atoms with Gasteiger partial charge in [-0.1, -0.05) is 170 Å². The van der Waals surface area contributed by atoms with Crippen LogP contribution in [0.1, 0.15) is 0 Å². The smallest absolute Gasteiger partial charge is 0.135 e. The van der Waals surface area contributed by atoms with E-state index in [1.54, 1.807) is 0 Å². The third-order valence-corrected chi connectivity index (χ3v) is 10.5. The second-order valence-corrected chi connectivity index (χ2v) is 13.7. The van der Waals surface area contributed by atoms with E-state index in [1.165, 1.54) is 33.2 Å². The highest BCUT2D eigenvalue weighted by molar-refractivity contribution is 6.05. The van der Waals surface area contributed by atoms with Crippen LogP contribution in [0, 0.1) is 0 Å². The molecule has 0 unspecified atom stereocenters. The molecule has 0 fully saturated rings. The zero-order chi connectivity index (χ0) is 35.8. The molecule has 0 saturated heterocycles. The Labute approximate surface area is 315 Å². The fourth-order valence-corrected chi connectivity index (χ4v) is 7.87. The topological polar surface area (TPSA) is 12.5 Å². The Morgan fingerprint density at radius 1 is 0.296 bits per heavy atom. The predicted molar refractivity (Wildman–Crippen MR) is 226 cm³/mol. The molecule has 0 aromatic heterocycles. The lowest BCUT2D eigenvalue weighted by Crippen LogP contribution is -2.12. The lowest BCUT2D eigenvalue weighted by Gasteiger charge is -2.30. The van der Waals surface area contributed by atoms with Crippen LogP contribution in [-0.4, -0.2) is 0 Å². The molecule has 0 spiro atoms. The summed E-state index contributed by atoms with van der Waals surface area (Å²) in [6.45, 7) is 0. The SMILES string of the molecule is c1ccc(-c2ccc(-c3ccccc3N(c3ccc(-c4ccccc4)cc3)c3ccccc3-c3ccc4c(c3)-c3cccc5cccc(c35)O4)cc2)cc1. The third-order valence-electron chi connectivity index (χ3n) is 10.5. The Kier molecular flexibility index (Phi) is 7.85. The Morgan fingerprint density at radius 3 is 1.43 bits per heavy atom. The standard InChI is InChI=1S/C52H35NO/c1-3-13-36(14-4-1)38-25-27-40(28-26-38)44-19-7-9-22-48(44)53(43-32-29-39(30-33-43)37-15-5-2-6-16-37)49-23-10-8-20-45(49)42-31-34-50-47(35-42)46-21-11-17-41-18-12-24-51(54-50)52(41)46/h1-35H. The molecule has 1 aliphatic heterocycles. The number of fused-ring (bicyclic) bond motifs is 2. The summed E-state index contributed by atoms with van der Waals surface area (Å²) in [5.41, 5.74) is 14.9. The molecule has 2 heteroatoms. The van der Waals surface area contributed by atoms with Gasteiger partial charge in [0.15, 0.2) is 0 Å². The molecule has 0 saturated carbocycles. The molecule has 10 rings (SSSR count). The summed E-state index contributed by atoms with van der Waals surface area (Å²) in [5, 5.41) is 2.34. The molecular formula is C52H35NO. The van der Waals surface area contributed by atoms with E-state index in [1.807, 2.05) is 0 Å². The van der Waals surface area contributed by atoms with Gasteiger partial charge in [-0.3, -0.25) is 0 Å². The first-order chi connectivity index (χ1) is 26.8. The molecule has 9 aromatic rings. The molecule has 9 aromatic carbocycles. The summed E-state index contributed by atoms with van der Waals surface area (Å²) in [5.74, 6) is 1.78. The molecule has 0 atom stereocenters. The van der Waals surface area contributed by atoms with Crippen molar-refractivity contribution >= 4 is 27.8 Å². The third kappa shape index (κ3) is 5.62. The van der Waals surface area contributed by atoms with Gasteiger partial charge in [0, 0.05) is 27.8 Å². The van der Waals surface area contributed by atoms with Gasteiger partial charge in [0.2, 0.25) is 0 Å². The van der Waals surface area contributed by atoms with Gasteiger partial charge in [-0.2, -0.15) is 0 Å². The van der Waals surface area contributed by atoms with E-state index in [2.05, 4.69) is 217 Å². The zero-order valence-corrected chi connectivity index (χ0v) is 29.6. The highest BCUT2D eigenvalue weighted by Gasteiger charge is 2.23. The lowest BCUT2D eigenvalue weighted by atomic mass is 9.91. The van der Waals surface area contributed by atoms with Gasteiger partial charge in [-0.05, 0) is 86.8 Å². The van der Waals surface area contributed by atoms with Crippen LogP contribution in [0.2, 0.25) is 0 Å². The van der Waals surface area contributed by atoms with Crippen LogP contribution in [0.5, 0.6) is 11.5 Å². The summed E-state index contributed by atoms with van der Waals surface area (Å²) >= 11 is 0. The van der Waals surface area contributed by atoms with Crippen LogP contribution in [-0.2, 0) is 0 Å². The van der Waals surface area contributed by atoms with E-state index in [0.29, 0.717) is 0 Å². The van der Waals surface area contributed by atoms with Crippen molar-refractivity contribution in [3.63, 3.8) is 0 Å². The average molecular weight is 690 g/mol. The molecule has 54 heavy (non-hydrogen) atoms. The van der Waals surface area contributed by atoms with Crippen LogP contribution in [0.25, 0.3) is 66.4 Å². The fourth-order valence-electron chi connectivity index (χ4n) is 7.87. The molecule has 2 nitrogen and oxygen atoms in total. The van der Waals surface area contributed by atoms with Crippen LogP contribution in [0.15, 0.2) is 212 Å². The number of anilines is 3. The Bertz CT molecular complexity index is 2770. The van der Waals surface area contributed by atoms with Gasteiger partial charge in [0.1, 0.15) is 11.5 Å². The number of ether oxygens (including phenoxy) is 1. The van der Waals surface area contributed by atoms with Crippen molar-refractivity contribution in [2.45, 2.75) is 0 Å². The minimum absolute atomic E-state index is 0.875. The minimum Gasteiger partial charge on any atom is -0.456 e. The predicted octanol–water partition coefficient (Wildman–Crippen LogP) is 14.8. The number of para-hydroxylation sites is 2. The Morgan fingerprint density at radius 2 is 0.778 bits per heavy atom. The van der Waals surface area contributed by atoms with Crippen LogP contribution >= 0.6 is 0 Å². The molecule has 0 N–H and O–H groups in total. The van der Waals surface area contributed by atoms with E-state index >= 15 is 0 Å². The maximum Gasteiger partial charge on any atom is 0.135 e. The highest BCUT2D eigenvalue weighted by atomic mass is 16.5. The lowest BCUT2D eigenvalue weighted by molar-refractivity contribution is 0.487. The number of rotatable bonds is 7. The van der Waals surface area contributed by atoms with Crippen molar-refractivity contribution < 1.29 is 4.74 Å². The van der Waals surface area contributed by atoms with Gasteiger partial charge in [0.25, 0.3) is 0 Å². The summed E-state index contributed by atoms with van der Waals surface area (Å²) in [7, 11) is 0. The highest BCUT2D eigenvalue weighted by Crippen LogP contribution is 2.50. The Hall–Kier alpha value is -7.16. The van der Waals surface area contributed by atoms with E-state index in [0.717, 1.165) is 61.8 Å². The van der Waals surface area contributed by atoms with Crippen molar-refractivity contribution in [1.29, 1.82) is 0 Å². The minimum atomic E-state index is 0.875. The van der Waals surface area contributed by atoms with Crippen molar-refractivity contribution in [3.8, 4) is 67.1 Å². The molecular weight excluding hydrogens is 655 g/mol. The van der Waals surface area contributed by atoms with Crippen molar-refractivity contribution in [2.75, 3.05) is 4.90 Å². The number of hydrogen-bond acceptors (Lipinski definition) is 2. The van der Waals surface area contributed by atoms with Crippen LogP contribution in [0.3, 0.4) is 0 Å². The molecule has 1 heterocycles. The molecule has 0 radical (unpaired) electrons. The quantitative estimate of drug-likeness (QED) is 0.165. The van der Waals surface area contributed by atoms with E-state index in [4.69, 9.17) is 4.74 Å². The molecule has 0 amide bonds. The maximum absolute atomic E-state index is 6.50. The monoisotopic (exact) mass is 689 g/mol. The van der Waals surface area contributed by atoms with Gasteiger partial charge in [-0.15, -0.1) is 0 Å². The summed E-state index contributed by atoms with van der Waals surface area (Å²) in [6.07, 6.45) is 0. The van der Waals surface area contributed by atoms with Gasteiger partial charge in [-0.25, -0.2) is 0 Å². The van der Waals surface area contributed by atoms with Crippen LogP contribution < -0.4 is 9.64 Å². The summed E-state index contributed by atoms with van der Waals surface area (Å²) in [4.78, 5) is 2.41. The van der Waals surface area contributed by atoms with E-state index in [-0.39, 0.29) is 0 Å². The second-order valence-electron chi connectivity index (χ2n) is 13.7. The summed E-state index contributed by atoms with van der Waals surface area (Å²) < 4.78 is 6.50. The normalized spacial score (nSPS) is 11.5. The van der Waals surface area contributed by atoms with Gasteiger partial charge < -0.3 is 9.64 Å². The maximum atomic E-state index is 6.50. The number of benzene rings is 9. The van der Waals surface area contributed by atoms with Gasteiger partial charge >= 0.3 is 0 Å². The van der Waals surface area contributed by atoms with E-state index in [9.17, 15) is 0 Å². The first kappa shape index (κ1) is 31.6. The fraction of sp³-hybridized carbons (Fsp3) is 0. The van der Waals surface area contributed by atoms with Gasteiger partial charge in [0.05, 0.1) is 11.4 Å². The van der Waals surface area contributed by atoms with E-state index < -0.39 is 0 Å². The first-order valence-electron chi connectivity index (χ1n) is 18.4. The summed E-state index contributed by atoms with van der Waals surface area (Å²) in [6, 6.07) is 75.9. The largest absolute Gasteiger partial charge is 0.456 e. The van der Waals surface area contributed by atoms with Crippen LogP contribution in [0.4, 0.5) is 17.1 Å². The average Bonchev–Trinajstić information content (AvgIpc) is 3.25. The number of hydrogen-bond donors (Lipinski definition) is 0. The van der Waals surface area contributed by atoms with Crippen molar-refractivity contribution in [2.24, 2.45) is 0 Å². The Balaban J connectivity index is 1.13. The first-order valence-corrected chi connectivity index (χ1v) is 18.4. The second kappa shape index (κ2) is 13.4.